The predicted octanol–water partition coefficient (Wildman–Crippen LogP) is 2.38. The van der Waals surface area contributed by atoms with E-state index >= 15 is 0 Å². The van der Waals surface area contributed by atoms with Crippen molar-refractivity contribution in [3.63, 3.8) is 0 Å². The predicted molar refractivity (Wildman–Crippen MR) is 70.0 cm³/mol. The highest BCUT2D eigenvalue weighted by atomic mass is 16.5. The third kappa shape index (κ3) is 3.39. The Labute approximate surface area is 107 Å². The number of carbonyl (C=O) groups excluding carboxylic acids is 1. The van der Waals surface area contributed by atoms with Crippen LogP contribution in [0.5, 0.6) is 5.75 Å². The van der Waals surface area contributed by atoms with E-state index in [-0.39, 0.29) is 5.97 Å². The number of fused-ring (bicyclic) bond motifs is 1. The molecule has 0 spiro atoms. The summed E-state index contributed by atoms with van der Waals surface area (Å²) in [7, 11) is 1.42. The Morgan fingerprint density at radius 1 is 1.50 bits per heavy atom. The van der Waals surface area contributed by atoms with E-state index in [1.165, 1.54) is 12.7 Å². The molecule has 18 heavy (non-hydrogen) atoms. The highest BCUT2D eigenvalue weighted by Gasteiger charge is 2.10. The molecule has 0 aromatic heterocycles. The third-order valence-electron chi connectivity index (χ3n) is 3.02. The summed E-state index contributed by atoms with van der Waals surface area (Å²) in [6, 6.07) is 6.16. The molecule has 4 nitrogen and oxygen atoms in total. The topological polar surface area (TPSA) is 47.6 Å². The van der Waals surface area contributed by atoms with Crippen LogP contribution in [0.4, 0.5) is 5.69 Å². The molecule has 1 heterocycles. The summed E-state index contributed by atoms with van der Waals surface area (Å²) < 4.78 is 10.2. The lowest BCUT2D eigenvalue weighted by Crippen LogP contribution is -2.10. The molecule has 0 bridgehead atoms. The Kier molecular flexibility index (Phi) is 4.45. The van der Waals surface area contributed by atoms with E-state index in [2.05, 4.69) is 16.1 Å². The smallest absolute Gasteiger partial charge is 0.305 e. The number of hydrogen-bond donors (Lipinski definition) is 1. The van der Waals surface area contributed by atoms with Gasteiger partial charge in [-0.15, -0.1) is 0 Å². The average molecular weight is 249 g/mol. The van der Waals surface area contributed by atoms with Gasteiger partial charge in [0.1, 0.15) is 5.75 Å². The van der Waals surface area contributed by atoms with Crippen molar-refractivity contribution in [2.45, 2.75) is 25.7 Å². The molecule has 1 aliphatic heterocycles. The number of rotatable bonds is 5. The van der Waals surface area contributed by atoms with Crippen molar-refractivity contribution in [2.24, 2.45) is 0 Å². The van der Waals surface area contributed by atoms with Crippen molar-refractivity contribution in [1.82, 2.24) is 0 Å². The number of aryl methyl sites for hydroxylation is 1. The maximum Gasteiger partial charge on any atom is 0.305 e. The number of benzene rings is 1. The molecule has 1 aromatic rings. The summed E-state index contributed by atoms with van der Waals surface area (Å²) in [5.41, 5.74) is 2.35. The zero-order chi connectivity index (χ0) is 12.8. The van der Waals surface area contributed by atoms with Gasteiger partial charge in [-0.1, -0.05) is 0 Å². The van der Waals surface area contributed by atoms with Crippen LogP contribution in [-0.4, -0.2) is 26.2 Å². The first kappa shape index (κ1) is 12.7. The third-order valence-corrected chi connectivity index (χ3v) is 3.02. The van der Waals surface area contributed by atoms with Crippen molar-refractivity contribution in [2.75, 3.05) is 25.6 Å². The van der Waals surface area contributed by atoms with Gasteiger partial charge in [0.25, 0.3) is 0 Å². The molecule has 0 unspecified atom stereocenters. The van der Waals surface area contributed by atoms with Crippen LogP contribution in [0.3, 0.4) is 0 Å². The first-order valence-electron chi connectivity index (χ1n) is 6.36. The van der Waals surface area contributed by atoms with Crippen LogP contribution in [0, 0.1) is 0 Å². The average Bonchev–Trinajstić information content (AvgIpc) is 2.43. The minimum atomic E-state index is -0.157. The fraction of sp³-hybridized carbons (Fsp3) is 0.500. The Morgan fingerprint density at radius 2 is 2.39 bits per heavy atom. The minimum absolute atomic E-state index is 0.157. The second kappa shape index (κ2) is 6.28. The summed E-state index contributed by atoms with van der Waals surface area (Å²) in [6.45, 7) is 1.59. The van der Waals surface area contributed by atoms with Gasteiger partial charge < -0.3 is 14.8 Å². The minimum Gasteiger partial charge on any atom is -0.493 e. The van der Waals surface area contributed by atoms with Gasteiger partial charge in [0.05, 0.1) is 13.7 Å². The molecule has 0 amide bonds. The molecule has 0 atom stereocenters. The summed E-state index contributed by atoms with van der Waals surface area (Å²) in [5, 5.41) is 3.31. The van der Waals surface area contributed by atoms with E-state index in [4.69, 9.17) is 4.74 Å². The Balaban J connectivity index is 1.81. The van der Waals surface area contributed by atoms with Crippen molar-refractivity contribution >= 4 is 11.7 Å². The molecular formula is C14H19NO3. The first-order chi connectivity index (χ1) is 8.79. The molecule has 1 aromatic carbocycles. The molecule has 0 fully saturated rings. The number of nitrogens with one attached hydrogen (secondary N) is 1. The lowest BCUT2D eigenvalue weighted by molar-refractivity contribution is -0.140. The van der Waals surface area contributed by atoms with Crippen molar-refractivity contribution in [1.29, 1.82) is 0 Å². The molecule has 0 aliphatic carbocycles. The first-order valence-corrected chi connectivity index (χ1v) is 6.36. The highest BCUT2D eigenvalue weighted by molar-refractivity contribution is 5.69. The molecule has 4 heteroatoms. The standard InChI is InChI=1S/C14H19NO3/c1-17-14(16)5-2-8-15-12-6-7-13-11(10-12)4-3-9-18-13/h6-7,10,15H,2-5,8-9H2,1H3. The van der Waals surface area contributed by atoms with Gasteiger partial charge in [0.2, 0.25) is 0 Å². The van der Waals surface area contributed by atoms with Gasteiger partial charge in [-0.25, -0.2) is 0 Å². The molecule has 1 N–H and O–H groups in total. The van der Waals surface area contributed by atoms with E-state index in [9.17, 15) is 4.79 Å². The molecule has 0 saturated carbocycles. The summed E-state index contributed by atoms with van der Waals surface area (Å²) in [6.07, 6.45) is 3.39. The van der Waals surface area contributed by atoms with Gasteiger partial charge in [-0.2, -0.15) is 0 Å². The van der Waals surface area contributed by atoms with E-state index in [0.717, 1.165) is 43.9 Å². The lowest BCUT2D eigenvalue weighted by atomic mass is 10.1. The van der Waals surface area contributed by atoms with Gasteiger partial charge >= 0.3 is 5.97 Å². The quantitative estimate of drug-likeness (QED) is 0.643. The van der Waals surface area contributed by atoms with Crippen LogP contribution >= 0.6 is 0 Å². The monoisotopic (exact) mass is 249 g/mol. The Bertz CT molecular complexity index is 418. The van der Waals surface area contributed by atoms with Crippen LogP contribution in [0.1, 0.15) is 24.8 Å². The van der Waals surface area contributed by atoms with Crippen molar-refractivity contribution in [3.8, 4) is 5.75 Å². The van der Waals surface area contributed by atoms with E-state index in [0.29, 0.717) is 6.42 Å². The molecule has 0 saturated heterocycles. The SMILES string of the molecule is COC(=O)CCCNc1ccc2c(c1)CCCO2. The fourth-order valence-electron chi connectivity index (χ4n) is 2.04. The maximum absolute atomic E-state index is 10.9. The molecular weight excluding hydrogens is 230 g/mol. The second-order valence-electron chi connectivity index (χ2n) is 4.38. The van der Waals surface area contributed by atoms with Crippen LogP contribution in [-0.2, 0) is 16.0 Å². The number of hydrogen-bond acceptors (Lipinski definition) is 4. The zero-order valence-electron chi connectivity index (χ0n) is 10.7. The highest BCUT2D eigenvalue weighted by Crippen LogP contribution is 2.27. The van der Waals surface area contributed by atoms with Crippen molar-refractivity contribution < 1.29 is 14.3 Å². The van der Waals surface area contributed by atoms with E-state index in [1.807, 2.05) is 12.1 Å². The van der Waals surface area contributed by atoms with Gasteiger partial charge in [0, 0.05) is 18.7 Å². The largest absolute Gasteiger partial charge is 0.493 e. The van der Waals surface area contributed by atoms with Crippen LogP contribution in [0.25, 0.3) is 0 Å². The van der Waals surface area contributed by atoms with Gasteiger partial charge in [-0.05, 0) is 43.0 Å². The zero-order valence-corrected chi connectivity index (χ0v) is 10.7. The fourth-order valence-corrected chi connectivity index (χ4v) is 2.04. The van der Waals surface area contributed by atoms with Gasteiger partial charge in [0.15, 0.2) is 0 Å². The lowest BCUT2D eigenvalue weighted by Gasteiger charge is -2.18. The van der Waals surface area contributed by atoms with E-state index < -0.39 is 0 Å². The van der Waals surface area contributed by atoms with E-state index in [1.54, 1.807) is 0 Å². The Hall–Kier alpha value is -1.71. The maximum atomic E-state index is 10.9. The number of carbonyl (C=O) groups is 1. The number of methoxy groups -OCH3 is 1. The molecule has 0 radical (unpaired) electrons. The second-order valence-corrected chi connectivity index (χ2v) is 4.38. The molecule has 98 valence electrons. The number of anilines is 1. The van der Waals surface area contributed by atoms with Crippen LogP contribution in [0.15, 0.2) is 18.2 Å². The Morgan fingerprint density at radius 3 is 3.22 bits per heavy atom. The van der Waals surface area contributed by atoms with Crippen molar-refractivity contribution in [3.05, 3.63) is 23.8 Å². The van der Waals surface area contributed by atoms with Crippen LogP contribution < -0.4 is 10.1 Å². The molecule has 1 aliphatic rings. The van der Waals surface area contributed by atoms with Gasteiger partial charge in [-0.3, -0.25) is 4.79 Å². The molecule has 2 rings (SSSR count). The number of ether oxygens (including phenoxy) is 2. The summed E-state index contributed by atoms with van der Waals surface area (Å²) in [5.74, 6) is 0.844. The number of esters is 1. The summed E-state index contributed by atoms with van der Waals surface area (Å²) in [4.78, 5) is 10.9. The van der Waals surface area contributed by atoms with Crippen LogP contribution in [0.2, 0.25) is 0 Å². The normalized spacial score (nSPS) is 13.4. The summed E-state index contributed by atoms with van der Waals surface area (Å²) >= 11 is 0.